The molecule has 8 heteroatoms. The highest BCUT2D eigenvalue weighted by molar-refractivity contribution is 6.05. The number of aryl methyl sites for hydroxylation is 1. The molecule has 1 N–H and O–H groups in total. The summed E-state index contributed by atoms with van der Waals surface area (Å²) in [6.07, 6.45) is 0.789. The lowest BCUT2D eigenvalue weighted by atomic mass is 10.1. The Morgan fingerprint density at radius 3 is 2.65 bits per heavy atom. The molecular weight excluding hydrogens is 436 g/mol. The maximum Gasteiger partial charge on any atom is 0.339 e. The minimum atomic E-state index is -0.628. The number of hydrogen-bond donors (Lipinski definition) is 1. The molecule has 8 nitrogen and oxygen atoms in total. The summed E-state index contributed by atoms with van der Waals surface area (Å²) < 4.78 is 22.2. The van der Waals surface area contributed by atoms with Crippen LogP contribution in [0.5, 0.6) is 11.5 Å². The molecule has 5 rings (SSSR count). The maximum absolute atomic E-state index is 12.9. The van der Waals surface area contributed by atoms with Gasteiger partial charge >= 0.3 is 5.97 Å². The quantitative estimate of drug-likeness (QED) is 0.431. The lowest BCUT2D eigenvalue weighted by molar-refractivity contribution is -0.119. The van der Waals surface area contributed by atoms with E-state index in [1.165, 1.54) is 0 Å². The zero-order valence-corrected chi connectivity index (χ0v) is 18.5. The highest BCUT2D eigenvalue weighted by atomic mass is 16.5. The normalized spacial score (nSPS) is 12.7. The number of carbonyl (C=O) groups is 2. The second kappa shape index (κ2) is 9.27. The molecule has 0 saturated carbocycles. The standard InChI is InChI=1S/C26H22N2O6/c1-16-7-9-22(34-16)21-14-19(18-5-2-3-6-20(18)28-21)26(30)33-15-25(29)27-17-8-10-23-24(13-17)32-12-4-11-31-23/h2-3,5-10,13-14H,4,11-12,15H2,1H3,(H,27,29). The maximum atomic E-state index is 12.9. The van der Waals surface area contributed by atoms with Gasteiger partial charge in [-0.15, -0.1) is 0 Å². The van der Waals surface area contributed by atoms with Crippen molar-refractivity contribution < 1.29 is 28.2 Å². The minimum Gasteiger partial charge on any atom is -0.490 e. The molecule has 1 aliphatic rings. The molecule has 172 valence electrons. The fraction of sp³-hybridized carbons (Fsp3) is 0.192. The number of nitrogens with one attached hydrogen (secondary N) is 1. The Morgan fingerprint density at radius 1 is 1.00 bits per heavy atom. The van der Waals surface area contributed by atoms with Gasteiger partial charge in [-0.05, 0) is 43.3 Å². The van der Waals surface area contributed by atoms with Crippen molar-refractivity contribution in [2.24, 2.45) is 0 Å². The van der Waals surface area contributed by atoms with Gasteiger partial charge in [0.15, 0.2) is 23.9 Å². The number of anilines is 1. The van der Waals surface area contributed by atoms with Crippen LogP contribution in [0.25, 0.3) is 22.4 Å². The molecule has 34 heavy (non-hydrogen) atoms. The molecule has 0 aliphatic carbocycles. The number of nitrogens with zero attached hydrogens (tertiary/aromatic N) is 1. The van der Waals surface area contributed by atoms with Crippen molar-refractivity contribution in [1.82, 2.24) is 4.98 Å². The highest BCUT2D eigenvalue weighted by Gasteiger charge is 2.18. The molecule has 1 amide bonds. The summed E-state index contributed by atoms with van der Waals surface area (Å²) in [5.41, 5.74) is 1.96. The van der Waals surface area contributed by atoms with E-state index >= 15 is 0 Å². The first-order valence-corrected chi connectivity index (χ1v) is 10.9. The number of benzene rings is 2. The Bertz CT molecular complexity index is 1380. The van der Waals surface area contributed by atoms with Gasteiger partial charge in [0, 0.05) is 23.6 Å². The molecular formula is C26H22N2O6. The lowest BCUT2D eigenvalue weighted by Gasteiger charge is -2.11. The van der Waals surface area contributed by atoms with Gasteiger partial charge < -0.3 is 23.9 Å². The molecule has 0 atom stereocenters. The van der Waals surface area contributed by atoms with E-state index in [0.29, 0.717) is 58.3 Å². The van der Waals surface area contributed by atoms with Crippen LogP contribution in [0.15, 0.2) is 65.1 Å². The Balaban J connectivity index is 1.31. The number of hydrogen-bond acceptors (Lipinski definition) is 7. The summed E-state index contributed by atoms with van der Waals surface area (Å²) in [4.78, 5) is 30.0. The number of amides is 1. The summed E-state index contributed by atoms with van der Waals surface area (Å²) in [6.45, 7) is 2.52. The van der Waals surface area contributed by atoms with E-state index in [9.17, 15) is 9.59 Å². The van der Waals surface area contributed by atoms with Gasteiger partial charge in [-0.25, -0.2) is 9.78 Å². The van der Waals surface area contributed by atoms with Crippen molar-refractivity contribution in [2.75, 3.05) is 25.1 Å². The highest BCUT2D eigenvalue weighted by Crippen LogP contribution is 2.32. The molecule has 0 spiro atoms. The van der Waals surface area contributed by atoms with Crippen LogP contribution >= 0.6 is 0 Å². The topological polar surface area (TPSA) is 99.9 Å². The summed E-state index contributed by atoms with van der Waals surface area (Å²) >= 11 is 0. The molecule has 3 heterocycles. The first-order chi connectivity index (χ1) is 16.6. The number of carbonyl (C=O) groups excluding carboxylic acids is 2. The molecule has 2 aromatic heterocycles. The van der Waals surface area contributed by atoms with Crippen molar-refractivity contribution >= 4 is 28.5 Å². The van der Waals surface area contributed by atoms with Crippen LogP contribution in [0, 0.1) is 6.92 Å². The third kappa shape index (κ3) is 4.56. The Kier molecular flexibility index (Phi) is 5.86. The van der Waals surface area contributed by atoms with Gasteiger partial charge in [0.1, 0.15) is 11.5 Å². The molecule has 0 fully saturated rings. The number of rotatable bonds is 5. The number of ether oxygens (including phenoxy) is 3. The number of furan rings is 1. The second-order valence-electron chi connectivity index (χ2n) is 7.82. The van der Waals surface area contributed by atoms with Crippen molar-refractivity contribution in [3.63, 3.8) is 0 Å². The van der Waals surface area contributed by atoms with E-state index in [4.69, 9.17) is 18.6 Å². The van der Waals surface area contributed by atoms with Crippen molar-refractivity contribution in [2.45, 2.75) is 13.3 Å². The van der Waals surface area contributed by atoms with E-state index in [1.807, 2.05) is 31.2 Å². The monoisotopic (exact) mass is 458 g/mol. The molecule has 0 radical (unpaired) electrons. The molecule has 2 aromatic carbocycles. The Labute approximate surface area is 195 Å². The Hall–Kier alpha value is -4.33. The van der Waals surface area contributed by atoms with Crippen molar-refractivity contribution in [3.8, 4) is 23.0 Å². The van der Waals surface area contributed by atoms with Crippen LogP contribution in [0.4, 0.5) is 5.69 Å². The van der Waals surface area contributed by atoms with Crippen LogP contribution in [-0.4, -0.2) is 36.7 Å². The van der Waals surface area contributed by atoms with E-state index in [1.54, 1.807) is 36.4 Å². The summed E-state index contributed by atoms with van der Waals surface area (Å²) in [5, 5.41) is 3.34. The van der Waals surface area contributed by atoms with Crippen LogP contribution in [0.1, 0.15) is 22.5 Å². The van der Waals surface area contributed by atoms with Gasteiger partial charge in [0.05, 0.1) is 24.3 Å². The number of aromatic nitrogens is 1. The summed E-state index contributed by atoms with van der Waals surface area (Å²) in [6, 6.07) is 17.6. The number of pyridine rings is 1. The van der Waals surface area contributed by atoms with E-state index in [0.717, 1.165) is 12.2 Å². The fourth-order valence-electron chi connectivity index (χ4n) is 3.69. The van der Waals surface area contributed by atoms with Crippen LogP contribution in [-0.2, 0) is 9.53 Å². The molecule has 0 bridgehead atoms. The zero-order chi connectivity index (χ0) is 23.5. The number of esters is 1. The molecule has 0 saturated heterocycles. The van der Waals surface area contributed by atoms with Crippen LogP contribution < -0.4 is 14.8 Å². The number of fused-ring (bicyclic) bond motifs is 2. The third-order valence-electron chi connectivity index (χ3n) is 5.29. The van der Waals surface area contributed by atoms with E-state index in [-0.39, 0.29) is 0 Å². The predicted octanol–water partition coefficient (Wildman–Crippen LogP) is 4.76. The van der Waals surface area contributed by atoms with E-state index in [2.05, 4.69) is 10.3 Å². The second-order valence-corrected chi connectivity index (χ2v) is 7.82. The predicted molar refractivity (Wildman–Crippen MR) is 125 cm³/mol. The molecule has 4 aromatic rings. The van der Waals surface area contributed by atoms with E-state index < -0.39 is 18.5 Å². The SMILES string of the molecule is Cc1ccc(-c2cc(C(=O)OCC(=O)Nc3ccc4c(c3)OCCCO4)c3ccccc3n2)o1. The fourth-order valence-corrected chi connectivity index (χ4v) is 3.69. The first kappa shape index (κ1) is 21.5. The van der Waals surface area contributed by atoms with Crippen molar-refractivity contribution in [1.29, 1.82) is 0 Å². The summed E-state index contributed by atoms with van der Waals surface area (Å²) in [7, 11) is 0. The summed E-state index contributed by atoms with van der Waals surface area (Å²) in [5.74, 6) is 1.38. The van der Waals surface area contributed by atoms with Gasteiger partial charge in [-0.1, -0.05) is 18.2 Å². The third-order valence-corrected chi connectivity index (χ3v) is 5.29. The first-order valence-electron chi connectivity index (χ1n) is 10.9. The van der Waals surface area contributed by atoms with Crippen LogP contribution in [0.3, 0.4) is 0 Å². The average molecular weight is 458 g/mol. The zero-order valence-electron chi connectivity index (χ0n) is 18.5. The van der Waals surface area contributed by atoms with Gasteiger partial charge in [0.2, 0.25) is 0 Å². The lowest BCUT2D eigenvalue weighted by Crippen LogP contribution is -2.21. The van der Waals surface area contributed by atoms with Gasteiger partial charge in [0.25, 0.3) is 5.91 Å². The number of para-hydroxylation sites is 1. The van der Waals surface area contributed by atoms with Crippen molar-refractivity contribution in [3.05, 3.63) is 72.0 Å². The van der Waals surface area contributed by atoms with Crippen LogP contribution in [0.2, 0.25) is 0 Å². The average Bonchev–Trinajstić information content (AvgIpc) is 3.15. The largest absolute Gasteiger partial charge is 0.490 e. The Morgan fingerprint density at radius 2 is 1.82 bits per heavy atom. The minimum absolute atomic E-state index is 0.304. The van der Waals surface area contributed by atoms with Gasteiger partial charge in [-0.3, -0.25) is 4.79 Å². The smallest absolute Gasteiger partial charge is 0.339 e. The molecule has 1 aliphatic heterocycles. The van der Waals surface area contributed by atoms with Gasteiger partial charge in [-0.2, -0.15) is 0 Å². The molecule has 0 unspecified atom stereocenters.